The Morgan fingerprint density at radius 1 is 1.13 bits per heavy atom. The number of nitrogens with one attached hydrogen (secondary N) is 1. The summed E-state index contributed by atoms with van der Waals surface area (Å²) < 4.78 is 0. The average molecular weight is 306 g/mol. The van der Waals surface area contributed by atoms with E-state index < -0.39 is 0 Å². The van der Waals surface area contributed by atoms with Crippen molar-refractivity contribution in [1.29, 1.82) is 0 Å². The molecule has 2 aromatic carbocycles. The normalized spacial score (nSPS) is 15.1. The molecular weight excluding hydrogens is 284 g/mol. The lowest BCUT2D eigenvalue weighted by atomic mass is 10.00. The number of aryl methyl sites for hydroxylation is 1. The van der Waals surface area contributed by atoms with Crippen molar-refractivity contribution in [2.75, 3.05) is 25.0 Å². The first kappa shape index (κ1) is 15.5. The quantitative estimate of drug-likeness (QED) is 0.933. The van der Waals surface area contributed by atoms with Crippen LogP contribution in [0.1, 0.15) is 17.5 Å². The lowest BCUT2D eigenvalue weighted by Crippen LogP contribution is -2.36. The summed E-state index contributed by atoms with van der Waals surface area (Å²) in [6.45, 7) is 4.20. The lowest BCUT2D eigenvalue weighted by Gasteiger charge is -2.25. The standard InChI is InChI=1S/C20H22N2O/c1-16-6-5-9-19(14-16)21-20(23)15-22-12-10-18(11-13-22)17-7-3-2-4-8-17/h2-10,14H,11-13,15H2,1H3,(H,21,23). The van der Waals surface area contributed by atoms with E-state index in [1.54, 1.807) is 0 Å². The third-order valence-electron chi connectivity index (χ3n) is 4.11. The molecule has 0 spiro atoms. The van der Waals surface area contributed by atoms with E-state index in [4.69, 9.17) is 0 Å². The van der Waals surface area contributed by atoms with Crippen molar-refractivity contribution in [2.24, 2.45) is 0 Å². The summed E-state index contributed by atoms with van der Waals surface area (Å²) in [4.78, 5) is 14.3. The molecule has 0 aromatic heterocycles. The largest absolute Gasteiger partial charge is 0.325 e. The van der Waals surface area contributed by atoms with Gasteiger partial charge in [0.25, 0.3) is 0 Å². The van der Waals surface area contributed by atoms with E-state index in [2.05, 4.69) is 40.6 Å². The van der Waals surface area contributed by atoms with Crippen molar-refractivity contribution < 1.29 is 4.79 Å². The van der Waals surface area contributed by atoms with Crippen LogP contribution < -0.4 is 5.32 Å². The Kier molecular flexibility index (Phi) is 4.89. The first-order valence-electron chi connectivity index (χ1n) is 8.04. The van der Waals surface area contributed by atoms with E-state index in [1.165, 1.54) is 11.1 Å². The Hall–Kier alpha value is -2.39. The number of anilines is 1. The van der Waals surface area contributed by atoms with E-state index in [-0.39, 0.29) is 5.91 Å². The van der Waals surface area contributed by atoms with Gasteiger partial charge in [0.15, 0.2) is 0 Å². The van der Waals surface area contributed by atoms with E-state index in [1.807, 2.05) is 37.3 Å². The van der Waals surface area contributed by atoms with Crippen LogP contribution in [-0.4, -0.2) is 30.4 Å². The van der Waals surface area contributed by atoms with Gasteiger partial charge in [-0.3, -0.25) is 9.69 Å². The number of benzene rings is 2. The molecule has 2 aromatic rings. The molecule has 1 aliphatic heterocycles. The molecule has 1 N–H and O–H groups in total. The van der Waals surface area contributed by atoms with Crippen molar-refractivity contribution in [3.8, 4) is 0 Å². The van der Waals surface area contributed by atoms with E-state index >= 15 is 0 Å². The highest BCUT2D eigenvalue weighted by molar-refractivity contribution is 5.92. The minimum atomic E-state index is 0.0483. The van der Waals surface area contributed by atoms with Crippen molar-refractivity contribution in [3.05, 3.63) is 71.8 Å². The van der Waals surface area contributed by atoms with Crippen molar-refractivity contribution >= 4 is 17.2 Å². The minimum Gasteiger partial charge on any atom is -0.325 e. The van der Waals surface area contributed by atoms with Crippen molar-refractivity contribution in [1.82, 2.24) is 4.90 Å². The summed E-state index contributed by atoms with van der Waals surface area (Å²) in [5.74, 6) is 0.0483. The SMILES string of the molecule is Cc1cccc(NC(=O)CN2CC=C(c3ccccc3)CC2)c1. The molecule has 0 aliphatic carbocycles. The molecule has 3 nitrogen and oxygen atoms in total. The van der Waals surface area contributed by atoms with Crippen LogP contribution in [0, 0.1) is 6.92 Å². The van der Waals surface area contributed by atoms with Gasteiger partial charge in [-0.15, -0.1) is 0 Å². The molecule has 3 heteroatoms. The van der Waals surface area contributed by atoms with Crippen LogP contribution >= 0.6 is 0 Å². The molecule has 0 atom stereocenters. The second-order valence-electron chi connectivity index (χ2n) is 6.00. The third kappa shape index (κ3) is 4.30. The number of hydrogen-bond acceptors (Lipinski definition) is 2. The topological polar surface area (TPSA) is 32.3 Å². The Morgan fingerprint density at radius 2 is 1.96 bits per heavy atom. The van der Waals surface area contributed by atoms with Gasteiger partial charge in [-0.2, -0.15) is 0 Å². The van der Waals surface area contributed by atoms with Crippen LogP contribution in [0.15, 0.2) is 60.7 Å². The Morgan fingerprint density at radius 3 is 2.65 bits per heavy atom. The molecule has 0 saturated carbocycles. The smallest absolute Gasteiger partial charge is 0.238 e. The fourth-order valence-electron chi connectivity index (χ4n) is 2.90. The first-order valence-corrected chi connectivity index (χ1v) is 8.04. The highest BCUT2D eigenvalue weighted by Crippen LogP contribution is 2.21. The number of carbonyl (C=O) groups excluding carboxylic acids is 1. The summed E-state index contributed by atoms with van der Waals surface area (Å²) in [5.41, 5.74) is 4.68. The fraction of sp³-hybridized carbons (Fsp3) is 0.250. The van der Waals surface area contributed by atoms with E-state index in [9.17, 15) is 4.79 Å². The Bertz CT molecular complexity index is 707. The van der Waals surface area contributed by atoms with Crippen LogP contribution in [-0.2, 0) is 4.79 Å². The number of hydrogen-bond donors (Lipinski definition) is 1. The molecule has 0 radical (unpaired) electrons. The van der Waals surface area contributed by atoms with Gasteiger partial charge < -0.3 is 5.32 Å². The molecule has 1 amide bonds. The molecule has 0 bridgehead atoms. The van der Waals surface area contributed by atoms with Crippen molar-refractivity contribution in [2.45, 2.75) is 13.3 Å². The van der Waals surface area contributed by atoms with Gasteiger partial charge >= 0.3 is 0 Å². The zero-order chi connectivity index (χ0) is 16.1. The molecule has 1 heterocycles. The summed E-state index contributed by atoms with van der Waals surface area (Å²) in [6.07, 6.45) is 3.22. The minimum absolute atomic E-state index is 0.0483. The molecule has 0 saturated heterocycles. The molecule has 23 heavy (non-hydrogen) atoms. The molecule has 3 rings (SSSR count). The monoisotopic (exact) mass is 306 g/mol. The number of amides is 1. The van der Waals surface area contributed by atoms with Crippen LogP contribution in [0.25, 0.3) is 5.57 Å². The maximum absolute atomic E-state index is 12.2. The summed E-state index contributed by atoms with van der Waals surface area (Å²) in [6, 6.07) is 18.4. The molecule has 118 valence electrons. The zero-order valence-electron chi connectivity index (χ0n) is 13.5. The third-order valence-corrected chi connectivity index (χ3v) is 4.11. The number of nitrogens with zero attached hydrogens (tertiary/aromatic N) is 1. The van der Waals surface area contributed by atoms with Gasteiger partial charge in [-0.1, -0.05) is 48.5 Å². The van der Waals surface area contributed by atoms with Gasteiger partial charge in [0, 0.05) is 18.8 Å². The predicted molar refractivity (Wildman–Crippen MR) is 95.3 cm³/mol. The number of rotatable bonds is 4. The van der Waals surface area contributed by atoms with Gasteiger partial charge in [0.05, 0.1) is 6.54 Å². The number of carbonyl (C=O) groups is 1. The van der Waals surface area contributed by atoms with Gasteiger partial charge in [-0.25, -0.2) is 0 Å². The second kappa shape index (κ2) is 7.25. The van der Waals surface area contributed by atoms with Gasteiger partial charge in [0.1, 0.15) is 0 Å². The fourth-order valence-corrected chi connectivity index (χ4v) is 2.90. The van der Waals surface area contributed by atoms with Gasteiger partial charge in [-0.05, 0) is 42.2 Å². The zero-order valence-corrected chi connectivity index (χ0v) is 13.5. The lowest BCUT2D eigenvalue weighted by molar-refractivity contribution is -0.117. The average Bonchev–Trinajstić information content (AvgIpc) is 2.56. The molecule has 0 unspecified atom stereocenters. The summed E-state index contributed by atoms with van der Waals surface area (Å²) >= 11 is 0. The molecule has 0 fully saturated rings. The first-order chi connectivity index (χ1) is 11.2. The highest BCUT2D eigenvalue weighted by Gasteiger charge is 2.15. The highest BCUT2D eigenvalue weighted by atomic mass is 16.2. The maximum atomic E-state index is 12.2. The Labute approximate surface area is 137 Å². The predicted octanol–water partition coefficient (Wildman–Crippen LogP) is 3.72. The Balaban J connectivity index is 1.54. The summed E-state index contributed by atoms with van der Waals surface area (Å²) in [7, 11) is 0. The maximum Gasteiger partial charge on any atom is 0.238 e. The van der Waals surface area contributed by atoms with E-state index in [0.29, 0.717) is 6.54 Å². The molecular formula is C20H22N2O. The van der Waals surface area contributed by atoms with Crippen LogP contribution in [0.3, 0.4) is 0 Å². The summed E-state index contributed by atoms with van der Waals surface area (Å²) in [5, 5.41) is 2.97. The van der Waals surface area contributed by atoms with E-state index in [0.717, 1.165) is 30.8 Å². The second-order valence-corrected chi connectivity index (χ2v) is 6.00. The van der Waals surface area contributed by atoms with Gasteiger partial charge in [0.2, 0.25) is 5.91 Å². The van der Waals surface area contributed by atoms with Crippen molar-refractivity contribution in [3.63, 3.8) is 0 Å². The van der Waals surface area contributed by atoms with Crippen LogP contribution in [0.5, 0.6) is 0 Å². The van der Waals surface area contributed by atoms with Crippen LogP contribution in [0.4, 0.5) is 5.69 Å². The molecule has 1 aliphatic rings. The van der Waals surface area contributed by atoms with Crippen LogP contribution in [0.2, 0.25) is 0 Å².